The number of aromatic amines is 2. The highest BCUT2D eigenvalue weighted by Gasteiger charge is 2.22. The van der Waals surface area contributed by atoms with E-state index in [0.29, 0.717) is 12.2 Å². The Hall–Kier alpha value is -3.66. The van der Waals surface area contributed by atoms with E-state index in [1.807, 2.05) is 24.3 Å². The Labute approximate surface area is 171 Å². The number of hydrogen-bond acceptors (Lipinski definition) is 5. The molecule has 4 rings (SSSR count). The normalized spacial score (nSPS) is 12.7. The Balaban J connectivity index is 1.64. The first-order valence-corrected chi connectivity index (χ1v) is 10.3. The fourth-order valence-corrected chi connectivity index (χ4v) is 3.56. The van der Waals surface area contributed by atoms with Crippen LogP contribution in [-0.2, 0) is 16.6 Å². The van der Waals surface area contributed by atoms with Gasteiger partial charge in [-0.15, -0.1) is 3.89 Å². The van der Waals surface area contributed by atoms with Crippen LogP contribution in [0.25, 0.3) is 11.0 Å². The lowest BCUT2D eigenvalue weighted by molar-refractivity contribution is 0.0930. The molecule has 30 heavy (non-hydrogen) atoms. The number of carbonyl (C=O) groups excluding carboxylic acids is 1. The minimum atomic E-state index is -4.92. The highest BCUT2D eigenvalue weighted by Crippen LogP contribution is 2.22. The zero-order valence-electron chi connectivity index (χ0n) is 15.5. The van der Waals surface area contributed by atoms with Crippen LogP contribution in [-0.4, -0.2) is 34.4 Å². The summed E-state index contributed by atoms with van der Waals surface area (Å²) in [6, 6.07) is 14.2. The Morgan fingerprint density at radius 1 is 1.17 bits per heavy atom. The van der Waals surface area contributed by atoms with E-state index < -0.39 is 27.1 Å². The van der Waals surface area contributed by atoms with E-state index in [1.54, 1.807) is 12.1 Å². The second-order valence-electron chi connectivity index (χ2n) is 6.72. The van der Waals surface area contributed by atoms with E-state index in [4.69, 9.17) is 0 Å². The van der Waals surface area contributed by atoms with E-state index in [0.717, 1.165) is 28.9 Å². The maximum atomic E-state index is 13.1. The lowest BCUT2D eigenvalue weighted by Gasteiger charge is -2.16. The number of aromatic nitrogens is 3. The molecule has 0 radical (unpaired) electrons. The van der Waals surface area contributed by atoms with Crippen molar-refractivity contribution < 1.29 is 22.2 Å². The van der Waals surface area contributed by atoms with Crippen LogP contribution in [0.2, 0.25) is 0 Å². The molecule has 1 atom stereocenters. The number of rotatable bonds is 6. The fraction of sp³-hybridized carbons (Fsp3) is 0.100. The van der Waals surface area contributed by atoms with Crippen molar-refractivity contribution in [2.75, 3.05) is 0 Å². The van der Waals surface area contributed by atoms with Crippen molar-refractivity contribution in [3.8, 4) is 5.75 Å². The standard InChI is InChI=1S/C20H17FN4O4S/c21-30(28,29)14-10-18(22-11-14)20(27)25-17(9-12-5-7-13(26)8-6-12)19-23-15-3-1-2-4-16(15)24-19/h1-8,10-11,17,22,26H,9H2,(H,23,24)(H,25,27). The predicted molar refractivity (Wildman–Crippen MR) is 107 cm³/mol. The highest BCUT2D eigenvalue weighted by atomic mass is 32.3. The number of para-hydroxylation sites is 2. The lowest BCUT2D eigenvalue weighted by atomic mass is 10.0. The topological polar surface area (TPSA) is 128 Å². The second kappa shape index (κ2) is 7.64. The van der Waals surface area contributed by atoms with Crippen molar-refractivity contribution in [1.29, 1.82) is 0 Å². The monoisotopic (exact) mass is 428 g/mol. The summed E-state index contributed by atoms with van der Waals surface area (Å²) in [5, 5.41) is 12.3. The van der Waals surface area contributed by atoms with E-state index in [1.165, 1.54) is 12.1 Å². The molecule has 4 N–H and O–H groups in total. The zero-order chi connectivity index (χ0) is 21.3. The molecule has 0 saturated heterocycles. The maximum absolute atomic E-state index is 13.1. The van der Waals surface area contributed by atoms with E-state index in [9.17, 15) is 22.2 Å². The number of aromatic hydroxyl groups is 1. The van der Waals surface area contributed by atoms with Crippen molar-refractivity contribution in [1.82, 2.24) is 20.3 Å². The summed E-state index contributed by atoms with van der Waals surface area (Å²) in [7, 11) is -4.92. The fourth-order valence-electron chi connectivity index (χ4n) is 3.10. The predicted octanol–water partition coefficient (Wildman–Crippen LogP) is 2.97. The summed E-state index contributed by atoms with van der Waals surface area (Å²) in [5.74, 6) is 0.00562. The first-order chi connectivity index (χ1) is 14.3. The number of carbonyl (C=O) groups is 1. The molecule has 1 unspecified atom stereocenters. The number of fused-ring (bicyclic) bond motifs is 1. The minimum absolute atomic E-state index is 0.0990. The Kier molecular flexibility index (Phi) is 5.00. The highest BCUT2D eigenvalue weighted by molar-refractivity contribution is 7.86. The third-order valence-electron chi connectivity index (χ3n) is 4.60. The van der Waals surface area contributed by atoms with Crippen molar-refractivity contribution >= 4 is 27.2 Å². The number of amides is 1. The molecule has 8 nitrogen and oxygen atoms in total. The molecule has 10 heteroatoms. The third-order valence-corrected chi connectivity index (χ3v) is 5.40. The van der Waals surface area contributed by atoms with Crippen LogP contribution >= 0.6 is 0 Å². The number of imidazole rings is 1. The Morgan fingerprint density at radius 2 is 1.90 bits per heavy atom. The molecular formula is C20H17FN4O4S. The van der Waals surface area contributed by atoms with Crippen LogP contribution in [0.4, 0.5) is 3.89 Å². The van der Waals surface area contributed by atoms with Gasteiger partial charge in [0.2, 0.25) is 0 Å². The molecule has 0 aliphatic heterocycles. The van der Waals surface area contributed by atoms with Gasteiger partial charge >= 0.3 is 10.2 Å². The number of phenolic OH excluding ortho intramolecular Hbond substituents is 1. The van der Waals surface area contributed by atoms with Crippen molar-refractivity contribution in [3.05, 3.63) is 77.9 Å². The minimum Gasteiger partial charge on any atom is -0.508 e. The van der Waals surface area contributed by atoms with Gasteiger partial charge in [0, 0.05) is 6.20 Å². The summed E-state index contributed by atoms with van der Waals surface area (Å²) >= 11 is 0. The van der Waals surface area contributed by atoms with Crippen LogP contribution in [0.15, 0.2) is 65.7 Å². The van der Waals surface area contributed by atoms with Gasteiger partial charge in [0.25, 0.3) is 5.91 Å². The molecule has 0 bridgehead atoms. The summed E-state index contributed by atoms with van der Waals surface area (Å²) in [6.45, 7) is 0. The largest absolute Gasteiger partial charge is 0.508 e. The average molecular weight is 428 g/mol. The molecule has 154 valence electrons. The lowest BCUT2D eigenvalue weighted by Crippen LogP contribution is -2.31. The van der Waals surface area contributed by atoms with Gasteiger partial charge in [-0.25, -0.2) is 4.98 Å². The van der Waals surface area contributed by atoms with Crippen molar-refractivity contribution in [2.45, 2.75) is 17.4 Å². The first-order valence-electron chi connectivity index (χ1n) is 8.96. The van der Waals surface area contributed by atoms with Gasteiger partial charge in [-0.05, 0) is 42.3 Å². The van der Waals surface area contributed by atoms with Gasteiger partial charge in [-0.3, -0.25) is 4.79 Å². The average Bonchev–Trinajstić information content (AvgIpc) is 3.36. The number of halogens is 1. The van der Waals surface area contributed by atoms with Gasteiger partial charge in [0.15, 0.2) is 0 Å². The Morgan fingerprint density at radius 3 is 2.57 bits per heavy atom. The molecule has 0 fully saturated rings. The molecule has 0 spiro atoms. The number of nitrogens with zero attached hydrogens (tertiary/aromatic N) is 1. The van der Waals surface area contributed by atoms with Crippen molar-refractivity contribution in [2.24, 2.45) is 0 Å². The number of H-pyrrole nitrogens is 2. The van der Waals surface area contributed by atoms with Crippen LogP contribution in [0.1, 0.15) is 27.9 Å². The number of benzene rings is 2. The van der Waals surface area contributed by atoms with Crippen LogP contribution in [0, 0.1) is 0 Å². The van der Waals surface area contributed by atoms with Gasteiger partial charge in [0.05, 0.1) is 17.1 Å². The zero-order valence-corrected chi connectivity index (χ0v) is 16.3. The number of hydrogen-bond donors (Lipinski definition) is 4. The van der Waals surface area contributed by atoms with Crippen molar-refractivity contribution in [3.63, 3.8) is 0 Å². The number of phenols is 1. The van der Waals surface area contributed by atoms with Gasteiger partial charge in [0.1, 0.15) is 22.2 Å². The summed E-state index contributed by atoms with van der Waals surface area (Å²) in [4.78, 5) is 22.2. The Bertz CT molecular complexity index is 1280. The molecule has 2 aromatic carbocycles. The van der Waals surface area contributed by atoms with Crippen LogP contribution in [0.3, 0.4) is 0 Å². The molecule has 2 heterocycles. The summed E-state index contributed by atoms with van der Waals surface area (Å²) in [6.07, 6.45) is 1.27. The van der Waals surface area contributed by atoms with E-state index in [2.05, 4.69) is 20.3 Å². The quantitative estimate of drug-likeness (QED) is 0.351. The molecule has 4 aromatic rings. The van der Waals surface area contributed by atoms with E-state index in [-0.39, 0.29) is 11.4 Å². The van der Waals surface area contributed by atoms with Gasteiger partial charge < -0.3 is 20.4 Å². The molecule has 2 aromatic heterocycles. The van der Waals surface area contributed by atoms with Gasteiger partial charge in [-0.1, -0.05) is 24.3 Å². The first kappa shape index (κ1) is 19.6. The number of nitrogens with one attached hydrogen (secondary N) is 3. The molecule has 0 saturated carbocycles. The molecular weight excluding hydrogens is 411 g/mol. The third kappa shape index (κ3) is 4.18. The molecule has 0 aliphatic rings. The molecule has 0 aliphatic carbocycles. The SMILES string of the molecule is O=C(NC(Cc1ccc(O)cc1)c1nc2ccccc2[nH]1)c1cc(S(=O)(=O)F)c[nH]1. The molecule has 1 amide bonds. The van der Waals surface area contributed by atoms with Crippen LogP contribution in [0.5, 0.6) is 5.75 Å². The summed E-state index contributed by atoms with van der Waals surface area (Å²) in [5.41, 5.74) is 2.25. The van der Waals surface area contributed by atoms with Gasteiger partial charge in [-0.2, -0.15) is 8.42 Å². The second-order valence-corrected chi connectivity index (χ2v) is 8.07. The van der Waals surface area contributed by atoms with E-state index >= 15 is 0 Å². The van der Waals surface area contributed by atoms with Crippen LogP contribution < -0.4 is 5.32 Å². The summed E-state index contributed by atoms with van der Waals surface area (Å²) < 4.78 is 35.2. The maximum Gasteiger partial charge on any atom is 0.333 e. The smallest absolute Gasteiger partial charge is 0.333 e.